The third kappa shape index (κ3) is 4.38. The molecule has 2 rings (SSSR count). The number of alkyl halides is 2. The molecule has 1 saturated carbocycles. The first kappa shape index (κ1) is 17.9. The first-order chi connectivity index (χ1) is 9.40. The standard InChI is InChI=1S/C15H20F2N2O.ClH/c1-15(18)8-3-2-7-12(15)14(20)19-11-6-4-5-10(9-11)13(16)17;/h4-6,9,12-13H,2-3,7-8,18H2,1H3,(H,19,20);1H. The van der Waals surface area contributed by atoms with E-state index in [0.717, 1.165) is 25.7 Å². The fourth-order valence-corrected chi connectivity index (χ4v) is 2.77. The molecule has 1 aromatic rings. The largest absolute Gasteiger partial charge is 0.326 e. The van der Waals surface area contributed by atoms with Crippen molar-refractivity contribution in [1.29, 1.82) is 0 Å². The van der Waals surface area contributed by atoms with Gasteiger partial charge in [-0.25, -0.2) is 8.78 Å². The minimum absolute atomic E-state index is 0. The summed E-state index contributed by atoms with van der Waals surface area (Å²) in [7, 11) is 0. The van der Waals surface area contributed by atoms with Gasteiger partial charge in [0.05, 0.1) is 5.92 Å². The highest BCUT2D eigenvalue weighted by molar-refractivity contribution is 5.93. The zero-order valence-electron chi connectivity index (χ0n) is 11.9. The summed E-state index contributed by atoms with van der Waals surface area (Å²) < 4.78 is 25.3. The molecule has 6 heteroatoms. The van der Waals surface area contributed by atoms with E-state index < -0.39 is 12.0 Å². The number of nitrogens with one attached hydrogen (secondary N) is 1. The molecule has 0 radical (unpaired) electrons. The molecule has 21 heavy (non-hydrogen) atoms. The first-order valence-corrected chi connectivity index (χ1v) is 6.88. The molecule has 1 amide bonds. The normalized spacial score (nSPS) is 25.3. The van der Waals surface area contributed by atoms with E-state index in [1.54, 1.807) is 6.07 Å². The summed E-state index contributed by atoms with van der Waals surface area (Å²) >= 11 is 0. The fourth-order valence-electron chi connectivity index (χ4n) is 2.77. The number of halogens is 3. The Morgan fingerprint density at radius 3 is 2.76 bits per heavy atom. The van der Waals surface area contributed by atoms with E-state index in [-0.39, 0.29) is 29.8 Å². The van der Waals surface area contributed by atoms with Crippen molar-refractivity contribution in [2.24, 2.45) is 11.7 Å². The zero-order chi connectivity index (χ0) is 14.8. The lowest BCUT2D eigenvalue weighted by Gasteiger charge is -2.37. The van der Waals surface area contributed by atoms with Crippen LogP contribution in [0.2, 0.25) is 0 Å². The van der Waals surface area contributed by atoms with Crippen molar-refractivity contribution in [1.82, 2.24) is 0 Å². The quantitative estimate of drug-likeness (QED) is 0.888. The van der Waals surface area contributed by atoms with Gasteiger partial charge in [-0.3, -0.25) is 4.79 Å². The molecule has 0 bridgehead atoms. The SMILES string of the molecule is CC1(N)CCCCC1C(=O)Nc1cccc(C(F)F)c1.Cl. The Labute approximate surface area is 129 Å². The van der Waals surface area contributed by atoms with Crippen LogP contribution >= 0.6 is 12.4 Å². The maximum Gasteiger partial charge on any atom is 0.263 e. The molecule has 0 heterocycles. The fraction of sp³-hybridized carbons (Fsp3) is 0.533. The highest BCUT2D eigenvalue weighted by Crippen LogP contribution is 2.32. The maximum atomic E-state index is 12.6. The Kier molecular flexibility index (Phi) is 6.10. The molecule has 118 valence electrons. The predicted molar refractivity (Wildman–Crippen MR) is 81.8 cm³/mol. The van der Waals surface area contributed by atoms with Crippen molar-refractivity contribution in [3.05, 3.63) is 29.8 Å². The molecule has 1 fully saturated rings. The van der Waals surface area contributed by atoms with Crippen molar-refractivity contribution in [2.45, 2.75) is 44.6 Å². The maximum absolute atomic E-state index is 12.6. The molecule has 0 aromatic heterocycles. The van der Waals surface area contributed by atoms with Gasteiger partial charge in [0.2, 0.25) is 5.91 Å². The number of hydrogen-bond donors (Lipinski definition) is 2. The molecule has 3 nitrogen and oxygen atoms in total. The van der Waals surface area contributed by atoms with Crippen LogP contribution < -0.4 is 11.1 Å². The summed E-state index contributed by atoms with van der Waals surface area (Å²) in [5.74, 6) is -0.451. The topological polar surface area (TPSA) is 55.1 Å². The number of anilines is 1. The summed E-state index contributed by atoms with van der Waals surface area (Å²) in [5.41, 5.74) is 5.95. The van der Waals surface area contributed by atoms with Crippen LogP contribution in [0.5, 0.6) is 0 Å². The van der Waals surface area contributed by atoms with Crippen LogP contribution in [-0.2, 0) is 4.79 Å². The number of benzene rings is 1. The minimum atomic E-state index is -2.54. The van der Waals surface area contributed by atoms with Crippen molar-refractivity contribution >= 4 is 24.0 Å². The van der Waals surface area contributed by atoms with Gasteiger partial charge < -0.3 is 11.1 Å². The van der Waals surface area contributed by atoms with Crippen LogP contribution in [0.1, 0.15) is 44.6 Å². The van der Waals surface area contributed by atoms with E-state index in [1.165, 1.54) is 18.2 Å². The second-order valence-corrected chi connectivity index (χ2v) is 5.72. The molecular weight excluding hydrogens is 298 g/mol. The van der Waals surface area contributed by atoms with Gasteiger partial charge in [0.1, 0.15) is 0 Å². The van der Waals surface area contributed by atoms with E-state index in [2.05, 4.69) is 5.32 Å². The molecule has 0 aliphatic heterocycles. The van der Waals surface area contributed by atoms with Crippen LogP contribution in [0.4, 0.5) is 14.5 Å². The third-order valence-electron chi connectivity index (χ3n) is 3.98. The molecule has 0 saturated heterocycles. The zero-order valence-corrected chi connectivity index (χ0v) is 12.8. The van der Waals surface area contributed by atoms with Crippen LogP contribution in [-0.4, -0.2) is 11.4 Å². The van der Waals surface area contributed by atoms with Crippen molar-refractivity contribution in [3.63, 3.8) is 0 Å². The lowest BCUT2D eigenvalue weighted by Crippen LogP contribution is -2.51. The monoisotopic (exact) mass is 318 g/mol. The molecule has 1 aromatic carbocycles. The molecule has 1 aliphatic rings. The minimum Gasteiger partial charge on any atom is -0.326 e. The van der Waals surface area contributed by atoms with E-state index in [1.807, 2.05) is 6.92 Å². The number of rotatable bonds is 3. The van der Waals surface area contributed by atoms with E-state index in [0.29, 0.717) is 5.69 Å². The average molecular weight is 319 g/mol. The summed E-state index contributed by atoms with van der Waals surface area (Å²) in [6, 6.07) is 5.77. The summed E-state index contributed by atoms with van der Waals surface area (Å²) in [5, 5.41) is 2.71. The van der Waals surface area contributed by atoms with Gasteiger partial charge >= 0.3 is 0 Å². The van der Waals surface area contributed by atoms with Crippen LogP contribution in [0.25, 0.3) is 0 Å². The Hall–Kier alpha value is -1.20. The van der Waals surface area contributed by atoms with Gasteiger partial charge in [-0.1, -0.05) is 25.0 Å². The summed E-state index contributed by atoms with van der Waals surface area (Å²) in [4.78, 5) is 12.3. The Balaban J connectivity index is 0.00000220. The lowest BCUT2D eigenvalue weighted by molar-refractivity contribution is -0.122. The van der Waals surface area contributed by atoms with Gasteiger partial charge in [-0.15, -0.1) is 12.4 Å². The Bertz CT molecular complexity index is 494. The number of hydrogen-bond acceptors (Lipinski definition) is 2. The summed E-state index contributed by atoms with van der Waals surface area (Å²) in [6.07, 6.45) is 1.01. The van der Waals surface area contributed by atoms with Crippen LogP contribution in [0.3, 0.4) is 0 Å². The van der Waals surface area contributed by atoms with Gasteiger partial charge in [0, 0.05) is 16.8 Å². The van der Waals surface area contributed by atoms with Crippen LogP contribution in [0.15, 0.2) is 24.3 Å². The molecule has 2 atom stereocenters. The number of amides is 1. The van der Waals surface area contributed by atoms with E-state index in [4.69, 9.17) is 5.73 Å². The molecule has 1 aliphatic carbocycles. The van der Waals surface area contributed by atoms with Crippen molar-refractivity contribution in [2.75, 3.05) is 5.32 Å². The van der Waals surface area contributed by atoms with E-state index in [9.17, 15) is 13.6 Å². The van der Waals surface area contributed by atoms with Crippen molar-refractivity contribution < 1.29 is 13.6 Å². The lowest BCUT2D eigenvalue weighted by atomic mass is 9.74. The average Bonchev–Trinajstić information content (AvgIpc) is 2.38. The molecule has 0 spiro atoms. The van der Waals surface area contributed by atoms with E-state index >= 15 is 0 Å². The van der Waals surface area contributed by atoms with Gasteiger partial charge in [0.25, 0.3) is 6.43 Å². The first-order valence-electron chi connectivity index (χ1n) is 6.88. The number of carbonyl (C=O) groups excluding carboxylic acids is 1. The highest BCUT2D eigenvalue weighted by Gasteiger charge is 2.37. The van der Waals surface area contributed by atoms with Gasteiger partial charge in [-0.2, -0.15) is 0 Å². The molecule has 3 N–H and O–H groups in total. The second kappa shape index (κ2) is 7.18. The number of nitrogens with two attached hydrogens (primary N) is 1. The third-order valence-corrected chi connectivity index (χ3v) is 3.98. The Morgan fingerprint density at radius 1 is 1.43 bits per heavy atom. The van der Waals surface area contributed by atoms with Crippen LogP contribution in [0, 0.1) is 5.92 Å². The number of carbonyl (C=O) groups is 1. The highest BCUT2D eigenvalue weighted by atomic mass is 35.5. The predicted octanol–water partition coefficient (Wildman–Crippen LogP) is 3.89. The molecule has 2 unspecified atom stereocenters. The Morgan fingerprint density at radius 2 is 2.14 bits per heavy atom. The summed E-state index contributed by atoms with van der Waals surface area (Å²) in [6.45, 7) is 1.88. The van der Waals surface area contributed by atoms with Gasteiger partial charge in [-0.05, 0) is 31.9 Å². The smallest absolute Gasteiger partial charge is 0.263 e. The van der Waals surface area contributed by atoms with Gasteiger partial charge in [0.15, 0.2) is 0 Å². The van der Waals surface area contributed by atoms with Crippen molar-refractivity contribution in [3.8, 4) is 0 Å². The molecular formula is C15H21ClF2N2O. The second-order valence-electron chi connectivity index (χ2n) is 5.72.